The first-order chi connectivity index (χ1) is 6.90. The van der Waals surface area contributed by atoms with Gasteiger partial charge in [-0.2, -0.15) is 0 Å². The van der Waals surface area contributed by atoms with E-state index in [1.165, 1.54) is 5.56 Å². The van der Waals surface area contributed by atoms with Crippen molar-refractivity contribution in [2.45, 2.75) is 37.7 Å². The van der Waals surface area contributed by atoms with E-state index in [1.807, 2.05) is 6.07 Å². The molecule has 1 aliphatic rings. The van der Waals surface area contributed by atoms with E-state index in [0.29, 0.717) is 5.92 Å². The van der Waals surface area contributed by atoms with Crippen LogP contribution in [0.3, 0.4) is 0 Å². The van der Waals surface area contributed by atoms with Crippen molar-refractivity contribution < 1.29 is 10.1 Å². The molecule has 1 N–H and O–H groups in total. The maximum absolute atomic E-state index is 8.55. The van der Waals surface area contributed by atoms with Gasteiger partial charge in [0.1, 0.15) is 0 Å². The van der Waals surface area contributed by atoms with Gasteiger partial charge < -0.3 is 0 Å². The van der Waals surface area contributed by atoms with Crippen molar-refractivity contribution in [3.05, 3.63) is 35.9 Å². The van der Waals surface area contributed by atoms with Gasteiger partial charge in [0.05, 0.1) is 6.10 Å². The molecule has 1 aromatic carbocycles. The molecule has 14 heavy (non-hydrogen) atoms. The summed E-state index contributed by atoms with van der Waals surface area (Å²) in [6, 6.07) is 10.6. The van der Waals surface area contributed by atoms with Crippen molar-refractivity contribution in [3.8, 4) is 0 Å². The van der Waals surface area contributed by atoms with Gasteiger partial charge in [0.15, 0.2) is 0 Å². The summed E-state index contributed by atoms with van der Waals surface area (Å²) in [7, 11) is 0. The third kappa shape index (κ3) is 2.14. The van der Waals surface area contributed by atoms with Crippen LogP contribution in [0.25, 0.3) is 0 Å². The molecule has 0 heterocycles. The fourth-order valence-corrected chi connectivity index (χ4v) is 2.23. The van der Waals surface area contributed by atoms with Gasteiger partial charge in [-0.05, 0) is 37.2 Å². The smallest absolute Gasteiger partial charge is 0.0927 e. The normalized spacial score (nSPS) is 27.5. The zero-order chi connectivity index (χ0) is 9.80. The lowest BCUT2D eigenvalue weighted by Gasteiger charge is -2.26. The molecule has 1 aliphatic carbocycles. The Morgan fingerprint density at radius 2 is 1.64 bits per heavy atom. The molecule has 0 amide bonds. The minimum Gasteiger partial charge on any atom is -0.252 e. The maximum Gasteiger partial charge on any atom is 0.0927 e. The zero-order valence-corrected chi connectivity index (χ0v) is 8.23. The molecule has 0 saturated heterocycles. The van der Waals surface area contributed by atoms with Gasteiger partial charge in [-0.15, -0.1) is 0 Å². The van der Waals surface area contributed by atoms with Crippen LogP contribution in [-0.4, -0.2) is 11.4 Å². The summed E-state index contributed by atoms with van der Waals surface area (Å²) in [6.07, 6.45) is 4.24. The molecule has 0 atom stereocenters. The highest BCUT2D eigenvalue weighted by Gasteiger charge is 2.22. The Morgan fingerprint density at radius 3 is 2.21 bits per heavy atom. The molecule has 0 radical (unpaired) electrons. The van der Waals surface area contributed by atoms with E-state index in [1.54, 1.807) is 0 Å². The van der Waals surface area contributed by atoms with E-state index in [-0.39, 0.29) is 6.10 Å². The lowest BCUT2D eigenvalue weighted by atomic mass is 9.83. The first-order valence-electron chi connectivity index (χ1n) is 5.25. The van der Waals surface area contributed by atoms with Crippen molar-refractivity contribution >= 4 is 0 Å². The summed E-state index contributed by atoms with van der Waals surface area (Å²) in [6.45, 7) is 0. The van der Waals surface area contributed by atoms with Gasteiger partial charge in [0.2, 0.25) is 0 Å². The minimum atomic E-state index is 0.0648. The van der Waals surface area contributed by atoms with Crippen molar-refractivity contribution in [1.29, 1.82) is 0 Å². The molecule has 2 rings (SSSR count). The van der Waals surface area contributed by atoms with Crippen LogP contribution in [0.5, 0.6) is 0 Å². The standard InChI is InChI=1S/C12H16O2/c13-14-12-8-6-11(7-9-12)10-4-2-1-3-5-10/h1-5,11-13H,6-9H2/t11-,12+. The molecule has 76 valence electrons. The quantitative estimate of drug-likeness (QED) is 0.576. The summed E-state index contributed by atoms with van der Waals surface area (Å²) in [4.78, 5) is 4.38. The van der Waals surface area contributed by atoms with Crippen molar-refractivity contribution in [3.63, 3.8) is 0 Å². The number of benzene rings is 1. The Hall–Kier alpha value is -0.860. The fourth-order valence-electron chi connectivity index (χ4n) is 2.23. The minimum absolute atomic E-state index is 0.0648. The van der Waals surface area contributed by atoms with Crippen molar-refractivity contribution in [1.82, 2.24) is 0 Å². The van der Waals surface area contributed by atoms with Crippen LogP contribution in [0.15, 0.2) is 30.3 Å². The summed E-state index contributed by atoms with van der Waals surface area (Å²) < 4.78 is 0. The predicted octanol–water partition coefficient (Wildman–Crippen LogP) is 3.20. The lowest BCUT2D eigenvalue weighted by Crippen LogP contribution is -2.19. The highest BCUT2D eigenvalue weighted by atomic mass is 17.1. The fraction of sp³-hybridized carbons (Fsp3) is 0.500. The summed E-state index contributed by atoms with van der Waals surface area (Å²) in [5.41, 5.74) is 1.42. The molecular weight excluding hydrogens is 176 g/mol. The number of hydrogen-bond donors (Lipinski definition) is 1. The molecule has 0 spiro atoms. The summed E-state index contributed by atoms with van der Waals surface area (Å²) in [5, 5.41) is 8.55. The summed E-state index contributed by atoms with van der Waals surface area (Å²) in [5.74, 6) is 0.655. The van der Waals surface area contributed by atoms with Crippen LogP contribution in [0.4, 0.5) is 0 Å². The van der Waals surface area contributed by atoms with Gasteiger partial charge in [-0.25, -0.2) is 4.89 Å². The largest absolute Gasteiger partial charge is 0.252 e. The Kier molecular flexibility index (Phi) is 3.17. The Labute approximate surface area is 84.5 Å². The van der Waals surface area contributed by atoms with Crippen LogP contribution < -0.4 is 0 Å². The second kappa shape index (κ2) is 4.58. The molecule has 0 aromatic heterocycles. The van der Waals surface area contributed by atoms with Crippen molar-refractivity contribution in [2.24, 2.45) is 0 Å². The van der Waals surface area contributed by atoms with Gasteiger partial charge in [-0.1, -0.05) is 30.3 Å². The molecule has 1 aromatic rings. The zero-order valence-electron chi connectivity index (χ0n) is 8.23. The van der Waals surface area contributed by atoms with Gasteiger partial charge in [0.25, 0.3) is 0 Å². The molecule has 2 heteroatoms. The third-order valence-corrected chi connectivity index (χ3v) is 3.09. The first kappa shape index (κ1) is 9.69. The van der Waals surface area contributed by atoms with E-state index in [2.05, 4.69) is 29.2 Å². The van der Waals surface area contributed by atoms with Crippen LogP contribution >= 0.6 is 0 Å². The second-order valence-electron chi connectivity index (χ2n) is 3.99. The third-order valence-electron chi connectivity index (χ3n) is 3.09. The van der Waals surface area contributed by atoms with Gasteiger partial charge in [0, 0.05) is 0 Å². The van der Waals surface area contributed by atoms with E-state index >= 15 is 0 Å². The molecule has 0 bridgehead atoms. The average Bonchev–Trinajstić information content (AvgIpc) is 2.30. The van der Waals surface area contributed by atoms with Gasteiger partial charge in [-0.3, -0.25) is 5.26 Å². The molecule has 1 fully saturated rings. The average molecular weight is 192 g/mol. The lowest BCUT2D eigenvalue weighted by molar-refractivity contribution is -0.284. The van der Waals surface area contributed by atoms with Crippen LogP contribution in [0, 0.1) is 0 Å². The molecular formula is C12H16O2. The summed E-state index contributed by atoms with van der Waals surface area (Å²) >= 11 is 0. The topological polar surface area (TPSA) is 29.5 Å². The second-order valence-corrected chi connectivity index (χ2v) is 3.99. The van der Waals surface area contributed by atoms with Crippen LogP contribution in [0.1, 0.15) is 37.2 Å². The molecule has 0 unspecified atom stereocenters. The monoisotopic (exact) mass is 192 g/mol. The van der Waals surface area contributed by atoms with Crippen LogP contribution in [-0.2, 0) is 4.89 Å². The van der Waals surface area contributed by atoms with E-state index in [4.69, 9.17) is 5.26 Å². The SMILES string of the molecule is OO[C@H]1CC[C@@H](c2ccccc2)CC1. The Balaban J connectivity index is 1.96. The molecule has 2 nitrogen and oxygen atoms in total. The highest BCUT2D eigenvalue weighted by molar-refractivity contribution is 5.19. The van der Waals surface area contributed by atoms with E-state index in [9.17, 15) is 0 Å². The Morgan fingerprint density at radius 1 is 1.00 bits per heavy atom. The highest BCUT2D eigenvalue weighted by Crippen LogP contribution is 2.33. The molecule has 0 aliphatic heterocycles. The number of hydrogen-bond acceptors (Lipinski definition) is 2. The van der Waals surface area contributed by atoms with Gasteiger partial charge >= 0.3 is 0 Å². The Bertz CT molecular complexity index is 263. The van der Waals surface area contributed by atoms with Crippen molar-refractivity contribution in [2.75, 3.05) is 0 Å². The number of rotatable bonds is 2. The first-order valence-corrected chi connectivity index (χ1v) is 5.25. The van der Waals surface area contributed by atoms with E-state index < -0.39 is 0 Å². The predicted molar refractivity (Wildman–Crippen MR) is 55.2 cm³/mol. The van der Waals surface area contributed by atoms with E-state index in [0.717, 1.165) is 25.7 Å². The van der Waals surface area contributed by atoms with Crippen LogP contribution in [0.2, 0.25) is 0 Å². The molecule has 1 saturated carbocycles. The maximum atomic E-state index is 8.55.